The number of nitrogens with zero attached hydrogens (tertiary/aromatic N) is 1. The van der Waals surface area contributed by atoms with Crippen molar-refractivity contribution in [3.63, 3.8) is 0 Å². The van der Waals surface area contributed by atoms with E-state index in [4.69, 9.17) is 0 Å². The second kappa shape index (κ2) is 9.76. The summed E-state index contributed by atoms with van der Waals surface area (Å²) in [5.41, 5.74) is -0.144. The third kappa shape index (κ3) is 6.72. The van der Waals surface area contributed by atoms with Gasteiger partial charge >= 0.3 is 0 Å². The Morgan fingerprint density at radius 3 is 2.06 bits per heavy atom. The molecule has 2 atom stereocenters. The Morgan fingerprint density at radius 1 is 1.11 bits per heavy atom. The zero-order valence-corrected chi connectivity index (χ0v) is 13.1. The average molecular weight is 258 g/mol. The normalized spacial score (nSPS) is 16.8. The summed E-state index contributed by atoms with van der Waals surface area (Å²) in [7, 11) is 0. The predicted molar refractivity (Wildman–Crippen MR) is 80.0 cm³/mol. The number of aliphatic hydroxyl groups excluding tert-OH is 1. The number of nitrogens with one attached hydrogen (secondary N) is 1. The SMILES string of the molecule is CCCNC(C)(CO)CC(C)N(CCC)CCC. The Morgan fingerprint density at radius 2 is 1.67 bits per heavy atom. The minimum atomic E-state index is -0.144. The molecule has 0 saturated heterocycles. The summed E-state index contributed by atoms with van der Waals surface area (Å²) in [5.74, 6) is 0. The molecular weight excluding hydrogens is 224 g/mol. The van der Waals surface area contributed by atoms with Gasteiger partial charge in [-0.2, -0.15) is 0 Å². The first-order valence-electron chi connectivity index (χ1n) is 7.62. The van der Waals surface area contributed by atoms with Gasteiger partial charge in [0.15, 0.2) is 0 Å². The molecule has 0 rings (SSSR count). The van der Waals surface area contributed by atoms with Crippen molar-refractivity contribution in [3.05, 3.63) is 0 Å². The highest BCUT2D eigenvalue weighted by Crippen LogP contribution is 2.17. The Hall–Kier alpha value is -0.120. The molecule has 0 fully saturated rings. The summed E-state index contributed by atoms with van der Waals surface area (Å²) in [6.45, 7) is 14.5. The molecule has 0 bridgehead atoms. The van der Waals surface area contributed by atoms with E-state index >= 15 is 0 Å². The van der Waals surface area contributed by atoms with Gasteiger partial charge in [0.2, 0.25) is 0 Å². The van der Waals surface area contributed by atoms with Crippen LogP contribution in [0.4, 0.5) is 0 Å². The Bertz CT molecular complexity index is 193. The van der Waals surface area contributed by atoms with Crippen LogP contribution in [0, 0.1) is 0 Å². The van der Waals surface area contributed by atoms with E-state index in [2.05, 4.69) is 44.8 Å². The standard InChI is InChI=1S/C15H34N2O/c1-6-9-16-15(5,13-18)12-14(4)17(10-7-2)11-8-3/h14,16,18H,6-13H2,1-5H3. The monoisotopic (exact) mass is 258 g/mol. The molecule has 2 unspecified atom stereocenters. The highest BCUT2D eigenvalue weighted by atomic mass is 16.3. The van der Waals surface area contributed by atoms with Gasteiger partial charge in [-0.1, -0.05) is 20.8 Å². The number of aliphatic hydroxyl groups is 1. The lowest BCUT2D eigenvalue weighted by molar-refractivity contribution is 0.114. The molecule has 0 radical (unpaired) electrons. The number of rotatable bonds is 11. The fourth-order valence-corrected chi connectivity index (χ4v) is 2.53. The van der Waals surface area contributed by atoms with Crippen LogP contribution in [0.2, 0.25) is 0 Å². The second-order valence-electron chi connectivity index (χ2n) is 5.73. The van der Waals surface area contributed by atoms with E-state index in [1.807, 2.05) is 0 Å². The quantitative estimate of drug-likeness (QED) is 0.598. The zero-order chi connectivity index (χ0) is 14.0. The third-order valence-corrected chi connectivity index (χ3v) is 3.54. The Labute approximate surface area is 114 Å². The van der Waals surface area contributed by atoms with Crippen LogP contribution in [0.3, 0.4) is 0 Å². The van der Waals surface area contributed by atoms with E-state index in [1.54, 1.807) is 0 Å². The molecule has 110 valence electrons. The molecule has 0 aromatic rings. The molecule has 0 heterocycles. The molecule has 0 aromatic carbocycles. The van der Waals surface area contributed by atoms with Crippen molar-refractivity contribution in [2.45, 2.75) is 71.9 Å². The Kier molecular flexibility index (Phi) is 9.70. The van der Waals surface area contributed by atoms with Gasteiger partial charge in [0.25, 0.3) is 0 Å². The largest absolute Gasteiger partial charge is 0.394 e. The van der Waals surface area contributed by atoms with Gasteiger partial charge in [0.1, 0.15) is 0 Å². The van der Waals surface area contributed by atoms with Crippen LogP contribution in [0.1, 0.15) is 60.3 Å². The maximum Gasteiger partial charge on any atom is 0.0611 e. The molecule has 2 N–H and O–H groups in total. The van der Waals surface area contributed by atoms with E-state index in [0.717, 1.165) is 32.5 Å². The molecular formula is C15H34N2O. The van der Waals surface area contributed by atoms with Gasteiger partial charge in [-0.3, -0.25) is 0 Å². The molecule has 0 aliphatic rings. The second-order valence-corrected chi connectivity index (χ2v) is 5.73. The summed E-state index contributed by atoms with van der Waals surface area (Å²) in [6, 6.07) is 0.520. The molecule has 0 aliphatic carbocycles. The average Bonchev–Trinajstić information content (AvgIpc) is 2.36. The van der Waals surface area contributed by atoms with Gasteiger partial charge in [0.05, 0.1) is 6.61 Å². The minimum absolute atomic E-state index is 0.144. The van der Waals surface area contributed by atoms with Crippen LogP contribution in [0.15, 0.2) is 0 Å². The predicted octanol–water partition coefficient (Wildman–Crippen LogP) is 2.64. The zero-order valence-electron chi connectivity index (χ0n) is 13.1. The van der Waals surface area contributed by atoms with Crippen molar-refractivity contribution >= 4 is 0 Å². The van der Waals surface area contributed by atoms with Crippen LogP contribution in [0.5, 0.6) is 0 Å². The summed E-state index contributed by atoms with van der Waals surface area (Å²) in [5, 5.41) is 13.1. The van der Waals surface area contributed by atoms with Crippen molar-refractivity contribution in [3.8, 4) is 0 Å². The van der Waals surface area contributed by atoms with Gasteiger partial charge in [-0.05, 0) is 59.2 Å². The van der Waals surface area contributed by atoms with Crippen LogP contribution in [-0.4, -0.2) is 47.8 Å². The molecule has 0 aliphatic heterocycles. The van der Waals surface area contributed by atoms with Crippen LogP contribution < -0.4 is 5.32 Å². The maximum atomic E-state index is 9.62. The van der Waals surface area contributed by atoms with Crippen LogP contribution >= 0.6 is 0 Å². The van der Waals surface area contributed by atoms with Gasteiger partial charge < -0.3 is 15.3 Å². The first-order chi connectivity index (χ1) is 8.52. The number of hydrogen-bond donors (Lipinski definition) is 2. The molecule has 3 heteroatoms. The van der Waals surface area contributed by atoms with Crippen LogP contribution in [0.25, 0.3) is 0 Å². The fraction of sp³-hybridized carbons (Fsp3) is 1.00. The van der Waals surface area contributed by atoms with E-state index in [0.29, 0.717) is 6.04 Å². The van der Waals surface area contributed by atoms with Crippen molar-refractivity contribution in [2.75, 3.05) is 26.2 Å². The lowest BCUT2D eigenvalue weighted by atomic mass is 9.93. The topological polar surface area (TPSA) is 35.5 Å². The minimum Gasteiger partial charge on any atom is -0.394 e. The molecule has 0 amide bonds. The lowest BCUT2D eigenvalue weighted by Gasteiger charge is -2.37. The van der Waals surface area contributed by atoms with E-state index in [-0.39, 0.29) is 12.1 Å². The van der Waals surface area contributed by atoms with Crippen molar-refractivity contribution < 1.29 is 5.11 Å². The first-order valence-corrected chi connectivity index (χ1v) is 7.62. The molecule has 3 nitrogen and oxygen atoms in total. The van der Waals surface area contributed by atoms with Crippen molar-refractivity contribution in [2.24, 2.45) is 0 Å². The number of hydrogen-bond acceptors (Lipinski definition) is 3. The molecule has 18 heavy (non-hydrogen) atoms. The van der Waals surface area contributed by atoms with Crippen molar-refractivity contribution in [1.82, 2.24) is 10.2 Å². The van der Waals surface area contributed by atoms with Gasteiger partial charge in [0, 0.05) is 11.6 Å². The highest BCUT2D eigenvalue weighted by Gasteiger charge is 2.27. The van der Waals surface area contributed by atoms with E-state index in [9.17, 15) is 5.11 Å². The third-order valence-electron chi connectivity index (χ3n) is 3.54. The summed E-state index contributed by atoms with van der Waals surface area (Å²) < 4.78 is 0. The smallest absolute Gasteiger partial charge is 0.0611 e. The lowest BCUT2D eigenvalue weighted by Crippen LogP contribution is -2.51. The fourth-order valence-electron chi connectivity index (χ4n) is 2.53. The molecule has 0 aromatic heterocycles. The van der Waals surface area contributed by atoms with Gasteiger partial charge in [-0.25, -0.2) is 0 Å². The molecule has 0 saturated carbocycles. The maximum absolute atomic E-state index is 9.62. The van der Waals surface area contributed by atoms with Gasteiger partial charge in [-0.15, -0.1) is 0 Å². The molecule has 0 spiro atoms. The Balaban J connectivity index is 4.40. The summed E-state index contributed by atoms with van der Waals surface area (Å²) >= 11 is 0. The van der Waals surface area contributed by atoms with Crippen LogP contribution in [-0.2, 0) is 0 Å². The first kappa shape index (κ1) is 17.9. The highest BCUT2D eigenvalue weighted by molar-refractivity contribution is 4.87. The summed E-state index contributed by atoms with van der Waals surface area (Å²) in [6.07, 6.45) is 4.51. The van der Waals surface area contributed by atoms with Crippen molar-refractivity contribution in [1.29, 1.82) is 0 Å². The van der Waals surface area contributed by atoms with E-state index in [1.165, 1.54) is 12.8 Å². The summed E-state index contributed by atoms with van der Waals surface area (Å²) in [4.78, 5) is 2.54. The van der Waals surface area contributed by atoms with E-state index < -0.39 is 0 Å².